The Morgan fingerprint density at radius 1 is 1.29 bits per heavy atom. The third kappa shape index (κ3) is 3.65. The molecule has 0 bridgehead atoms. The van der Waals surface area contributed by atoms with E-state index in [2.05, 4.69) is 38.2 Å². The molecule has 1 aromatic carbocycles. The van der Waals surface area contributed by atoms with Crippen LogP contribution in [0.1, 0.15) is 39.2 Å². The molecule has 3 atom stereocenters. The molecule has 0 radical (unpaired) electrons. The minimum atomic E-state index is -0.0332. The van der Waals surface area contributed by atoms with Gasteiger partial charge in [0.05, 0.1) is 0 Å². The lowest BCUT2D eigenvalue weighted by molar-refractivity contribution is -0.132. The summed E-state index contributed by atoms with van der Waals surface area (Å²) in [5.74, 6) is 0.633. The average Bonchev–Trinajstić information content (AvgIpc) is 2.46. The van der Waals surface area contributed by atoms with Crippen molar-refractivity contribution < 1.29 is 4.79 Å². The van der Waals surface area contributed by atoms with E-state index in [1.54, 1.807) is 0 Å². The molecule has 1 aromatic rings. The first kappa shape index (κ1) is 16.0. The van der Waals surface area contributed by atoms with Crippen LogP contribution in [-0.2, 0) is 11.2 Å². The first-order valence-corrected chi connectivity index (χ1v) is 8.00. The molecule has 3 nitrogen and oxygen atoms in total. The standard InChI is InChI=1S/C18H28N2O/c1-13-16(19)10-9-15(18(13,2)3)17(21)20-12-11-14-7-5-4-6-8-14/h4-8,13,15-16H,9-12,19H2,1-3H3,(H,20,21). The molecule has 3 unspecified atom stereocenters. The van der Waals surface area contributed by atoms with Crippen LogP contribution in [0.5, 0.6) is 0 Å². The van der Waals surface area contributed by atoms with E-state index in [1.807, 2.05) is 18.2 Å². The van der Waals surface area contributed by atoms with Crippen molar-refractivity contribution >= 4 is 5.91 Å². The molecule has 0 saturated heterocycles. The molecule has 3 N–H and O–H groups in total. The molecule has 0 spiro atoms. The van der Waals surface area contributed by atoms with Gasteiger partial charge in [-0.25, -0.2) is 0 Å². The molecule has 1 saturated carbocycles. The molecule has 1 aliphatic carbocycles. The summed E-state index contributed by atoms with van der Waals surface area (Å²) in [6.45, 7) is 7.24. The number of carbonyl (C=O) groups is 1. The van der Waals surface area contributed by atoms with Crippen molar-refractivity contribution in [3.05, 3.63) is 35.9 Å². The Hall–Kier alpha value is -1.35. The summed E-state index contributed by atoms with van der Waals surface area (Å²) in [5, 5.41) is 3.11. The monoisotopic (exact) mass is 288 g/mol. The molecule has 1 fully saturated rings. The molecule has 0 aromatic heterocycles. The Morgan fingerprint density at radius 2 is 1.95 bits per heavy atom. The number of carbonyl (C=O) groups excluding carboxylic acids is 1. The van der Waals surface area contributed by atoms with Gasteiger partial charge in [-0.1, -0.05) is 51.1 Å². The van der Waals surface area contributed by atoms with Crippen molar-refractivity contribution in [3.63, 3.8) is 0 Å². The zero-order valence-electron chi connectivity index (χ0n) is 13.4. The highest BCUT2D eigenvalue weighted by molar-refractivity contribution is 5.79. The second-order valence-electron chi connectivity index (χ2n) is 6.93. The first-order valence-electron chi connectivity index (χ1n) is 8.00. The summed E-state index contributed by atoms with van der Waals surface area (Å²) in [6, 6.07) is 10.5. The van der Waals surface area contributed by atoms with Gasteiger partial charge in [0.2, 0.25) is 5.91 Å². The topological polar surface area (TPSA) is 55.1 Å². The first-order chi connectivity index (χ1) is 9.93. The Kier molecular flexibility index (Phi) is 5.04. The molecule has 1 amide bonds. The highest BCUT2D eigenvalue weighted by Gasteiger charge is 2.44. The lowest BCUT2D eigenvalue weighted by Gasteiger charge is -2.46. The van der Waals surface area contributed by atoms with Gasteiger partial charge in [0, 0.05) is 18.5 Å². The number of nitrogens with two attached hydrogens (primary N) is 1. The quantitative estimate of drug-likeness (QED) is 0.895. The molecule has 21 heavy (non-hydrogen) atoms. The molecule has 3 heteroatoms. The van der Waals surface area contributed by atoms with Crippen LogP contribution in [0.2, 0.25) is 0 Å². The summed E-state index contributed by atoms with van der Waals surface area (Å²) < 4.78 is 0. The smallest absolute Gasteiger partial charge is 0.223 e. The van der Waals surface area contributed by atoms with Crippen LogP contribution in [0.3, 0.4) is 0 Å². The van der Waals surface area contributed by atoms with Crippen LogP contribution >= 0.6 is 0 Å². The Morgan fingerprint density at radius 3 is 2.62 bits per heavy atom. The number of benzene rings is 1. The minimum absolute atomic E-state index is 0.0332. The van der Waals surface area contributed by atoms with Gasteiger partial charge < -0.3 is 11.1 Å². The van der Waals surface area contributed by atoms with Crippen LogP contribution < -0.4 is 11.1 Å². The normalized spacial score (nSPS) is 28.1. The zero-order valence-corrected chi connectivity index (χ0v) is 13.4. The van der Waals surface area contributed by atoms with Gasteiger partial charge in [0.1, 0.15) is 0 Å². The maximum absolute atomic E-state index is 12.5. The van der Waals surface area contributed by atoms with Crippen molar-refractivity contribution in [1.29, 1.82) is 0 Å². The second-order valence-corrected chi connectivity index (χ2v) is 6.93. The third-order valence-corrected chi connectivity index (χ3v) is 5.37. The van der Waals surface area contributed by atoms with Crippen molar-refractivity contribution in [1.82, 2.24) is 5.32 Å². The van der Waals surface area contributed by atoms with E-state index in [1.165, 1.54) is 5.56 Å². The van der Waals surface area contributed by atoms with E-state index in [4.69, 9.17) is 5.73 Å². The average molecular weight is 288 g/mol. The van der Waals surface area contributed by atoms with Crippen molar-refractivity contribution in [2.24, 2.45) is 23.0 Å². The van der Waals surface area contributed by atoms with E-state index < -0.39 is 0 Å². The second kappa shape index (κ2) is 6.61. The van der Waals surface area contributed by atoms with Gasteiger partial charge in [-0.15, -0.1) is 0 Å². The summed E-state index contributed by atoms with van der Waals surface area (Å²) in [5.41, 5.74) is 7.39. The van der Waals surface area contributed by atoms with E-state index in [0.29, 0.717) is 12.5 Å². The summed E-state index contributed by atoms with van der Waals surface area (Å²) >= 11 is 0. The molecule has 2 rings (SSSR count). The van der Waals surface area contributed by atoms with Gasteiger partial charge >= 0.3 is 0 Å². The zero-order chi connectivity index (χ0) is 15.5. The summed E-state index contributed by atoms with van der Waals surface area (Å²) in [4.78, 5) is 12.5. The highest BCUT2D eigenvalue weighted by atomic mass is 16.1. The van der Waals surface area contributed by atoms with E-state index >= 15 is 0 Å². The maximum Gasteiger partial charge on any atom is 0.223 e. The van der Waals surface area contributed by atoms with Crippen molar-refractivity contribution in [2.75, 3.05) is 6.54 Å². The summed E-state index contributed by atoms with van der Waals surface area (Å²) in [7, 11) is 0. The third-order valence-electron chi connectivity index (χ3n) is 5.37. The largest absolute Gasteiger partial charge is 0.356 e. The lowest BCUT2D eigenvalue weighted by Crippen LogP contribution is -2.51. The van der Waals surface area contributed by atoms with Crippen molar-refractivity contribution in [2.45, 2.75) is 46.1 Å². The van der Waals surface area contributed by atoms with Crippen molar-refractivity contribution in [3.8, 4) is 0 Å². The van der Waals surface area contributed by atoms with E-state index in [9.17, 15) is 4.79 Å². The van der Waals surface area contributed by atoms with E-state index in [0.717, 1.165) is 19.3 Å². The van der Waals surface area contributed by atoms with Crippen LogP contribution in [0, 0.1) is 17.3 Å². The fourth-order valence-corrected chi connectivity index (χ4v) is 3.42. The number of hydrogen-bond acceptors (Lipinski definition) is 2. The fraction of sp³-hybridized carbons (Fsp3) is 0.611. The van der Waals surface area contributed by atoms with Crippen LogP contribution in [0.25, 0.3) is 0 Å². The molecule has 116 valence electrons. The van der Waals surface area contributed by atoms with Gasteiger partial charge in [-0.2, -0.15) is 0 Å². The van der Waals surface area contributed by atoms with E-state index in [-0.39, 0.29) is 23.3 Å². The maximum atomic E-state index is 12.5. The number of nitrogens with one attached hydrogen (secondary N) is 1. The number of hydrogen-bond donors (Lipinski definition) is 2. The van der Waals surface area contributed by atoms with Gasteiger partial charge in [-0.05, 0) is 36.2 Å². The van der Waals surface area contributed by atoms with Gasteiger partial charge in [-0.3, -0.25) is 4.79 Å². The highest BCUT2D eigenvalue weighted by Crippen LogP contribution is 2.44. The predicted octanol–water partition coefficient (Wildman–Crippen LogP) is 2.74. The molecule has 0 aliphatic heterocycles. The molecular formula is C18H28N2O. The minimum Gasteiger partial charge on any atom is -0.356 e. The fourth-order valence-electron chi connectivity index (χ4n) is 3.42. The van der Waals surface area contributed by atoms with Crippen LogP contribution in [-0.4, -0.2) is 18.5 Å². The molecule has 1 aliphatic rings. The summed E-state index contributed by atoms with van der Waals surface area (Å²) in [6.07, 6.45) is 2.73. The van der Waals surface area contributed by atoms with Gasteiger partial charge in [0.15, 0.2) is 0 Å². The Labute approximate surface area is 128 Å². The lowest BCUT2D eigenvalue weighted by atomic mass is 9.61. The molecule has 0 heterocycles. The SMILES string of the molecule is CC1C(N)CCC(C(=O)NCCc2ccccc2)C1(C)C. The van der Waals surface area contributed by atoms with Crippen LogP contribution in [0.15, 0.2) is 30.3 Å². The number of rotatable bonds is 4. The number of amides is 1. The Balaban J connectivity index is 1.88. The van der Waals surface area contributed by atoms with Crippen LogP contribution in [0.4, 0.5) is 0 Å². The Bertz CT molecular complexity index is 469. The van der Waals surface area contributed by atoms with Gasteiger partial charge in [0.25, 0.3) is 0 Å². The predicted molar refractivity (Wildman–Crippen MR) is 86.8 cm³/mol. The molecular weight excluding hydrogens is 260 g/mol.